The van der Waals surface area contributed by atoms with Crippen molar-refractivity contribution in [3.8, 4) is 11.5 Å². The molecule has 6 heteroatoms. The zero-order valence-corrected chi connectivity index (χ0v) is 20.5. The summed E-state index contributed by atoms with van der Waals surface area (Å²) in [5.41, 5.74) is 2.39. The topological polar surface area (TPSA) is 62.0 Å². The van der Waals surface area contributed by atoms with Gasteiger partial charge in [0.1, 0.15) is 23.7 Å². The normalized spacial score (nSPS) is 19.1. The van der Waals surface area contributed by atoms with Crippen LogP contribution in [0.4, 0.5) is 0 Å². The van der Waals surface area contributed by atoms with Gasteiger partial charge in [-0.2, -0.15) is 0 Å². The largest absolute Gasteiger partial charge is 0.494 e. The number of hydrogen-bond donors (Lipinski definition) is 0. The molecule has 6 nitrogen and oxygen atoms in total. The van der Waals surface area contributed by atoms with Crippen LogP contribution in [0.25, 0.3) is 0 Å². The van der Waals surface area contributed by atoms with Crippen LogP contribution in [-0.2, 0) is 24.4 Å². The van der Waals surface area contributed by atoms with Gasteiger partial charge in [-0.3, -0.25) is 0 Å². The Hall–Kier alpha value is -2.12. The molecular weight excluding hydrogens is 432 g/mol. The molecule has 0 radical (unpaired) electrons. The summed E-state index contributed by atoms with van der Waals surface area (Å²) in [5, 5.41) is 0. The molecule has 0 aromatic heterocycles. The first-order valence-corrected chi connectivity index (χ1v) is 12.5. The molecule has 2 unspecified atom stereocenters. The van der Waals surface area contributed by atoms with Crippen molar-refractivity contribution in [1.82, 2.24) is 0 Å². The lowest BCUT2D eigenvalue weighted by atomic mass is 9.78. The Balaban J connectivity index is 1.15. The van der Waals surface area contributed by atoms with E-state index in [1.807, 2.05) is 0 Å². The molecule has 34 heavy (non-hydrogen) atoms. The lowest BCUT2D eigenvalue weighted by Crippen LogP contribution is -2.18. The fourth-order valence-electron chi connectivity index (χ4n) is 3.71. The van der Waals surface area contributed by atoms with Crippen LogP contribution in [0, 0.1) is 0 Å². The third-order valence-electron chi connectivity index (χ3n) is 6.22. The van der Waals surface area contributed by atoms with Crippen molar-refractivity contribution in [2.45, 2.75) is 50.7 Å². The highest BCUT2D eigenvalue weighted by atomic mass is 16.6. The lowest BCUT2D eigenvalue weighted by molar-refractivity contribution is 0.104. The summed E-state index contributed by atoms with van der Waals surface area (Å²) in [6, 6.07) is 16.8. The molecule has 0 N–H and O–H groups in total. The van der Waals surface area contributed by atoms with E-state index in [0.29, 0.717) is 38.6 Å². The molecule has 186 valence electrons. The van der Waals surface area contributed by atoms with Gasteiger partial charge in [-0.15, -0.1) is 0 Å². The predicted molar refractivity (Wildman–Crippen MR) is 131 cm³/mol. The number of benzene rings is 2. The van der Waals surface area contributed by atoms with Crippen LogP contribution in [0.3, 0.4) is 0 Å². The third kappa shape index (κ3) is 8.27. The summed E-state index contributed by atoms with van der Waals surface area (Å²) >= 11 is 0. The highest BCUT2D eigenvalue weighted by molar-refractivity contribution is 5.41. The van der Waals surface area contributed by atoms with E-state index < -0.39 is 0 Å². The van der Waals surface area contributed by atoms with Crippen molar-refractivity contribution >= 4 is 0 Å². The van der Waals surface area contributed by atoms with Gasteiger partial charge in [0.25, 0.3) is 0 Å². The van der Waals surface area contributed by atoms with Crippen LogP contribution < -0.4 is 9.47 Å². The van der Waals surface area contributed by atoms with Crippen molar-refractivity contribution in [2.75, 3.05) is 52.9 Å². The van der Waals surface area contributed by atoms with Crippen LogP contribution in [0.15, 0.2) is 48.5 Å². The zero-order valence-electron chi connectivity index (χ0n) is 20.5. The van der Waals surface area contributed by atoms with E-state index in [4.69, 9.17) is 28.4 Å². The Morgan fingerprint density at radius 1 is 0.647 bits per heavy atom. The zero-order chi connectivity index (χ0) is 23.6. The molecule has 0 saturated carbocycles. The van der Waals surface area contributed by atoms with Gasteiger partial charge in [0.15, 0.2) is 0 Å². The Morgan fingerprint density at radius 3 is 1.53 bits per heavy atom. The average Bonchev–Trinajstić information content (AvgIpc) is 3.77. The molecule has 2 atom stereocenters. The van der Waals surface area contributed by atoms with Gasteiger partial charge < -0.3 is 28.4 Å². The standard InChI is InChI=1S/C28H38O6/c1-28(2,23-8-12-25(13-9-23)32-17-5-15-30-19-27-21-34-27)22-6-10-24(11-7-22)31-16-4-3-14-29-18-26-20-33-26/h6-13,26-27H,3-5,14-21H2,1-2H3. The quantitative estimate of drug-likeness (QED) is 0.245. The SMILES string of the molecule is CC(C)(c1ccc(OCCCCOCC2CO2)cc1)c1ccc(OCCCOCC2CO2)cc1. The number of hydrogen-bond acceptors (Lipinski definition) is 6. The highest BCUT2D eigenvalue weighted by Gasteiger charge is 2.24. The van der Waals surface area contributed by atoms with Crippen LogP contribution in [-0.4, -0.2) is 65.1 Å². The maximum atomic E-state index is 5.90. The van der Waals surface area contributed by atoms with E-state index in [1.54, 1.807) is 0 Å². The second-order valence-electron chi connectivity index (χ2n) is 9.49. The van der Waals surface area contributed by atoms with Gasteiger partial charge in [-0.25, -0.2) is 0 Å². The summed E-state index contributed by atoms with van der Waals surface area (Å²) < 4.78 is 33.1. The molecule has 0 amide bonds. The van der Waals surface area contributed by atoms with Crippen molar-refractivity contribution in [1.29, 1.82) is 0 Å². The van der Waals surface area contributed by atoms with Crippen LogP contribution in [0.1, 0.15) is 44.2 Å². The minimum absolute atomic E-state index is 0.113. The van der Waals surface area contributed by atoms with E-state index in [0.717, 1.165) is 57.2 Å². The van der Waals surface area contributed by atoms with Crippen LogP contribution in [0.2, 0.25) is 0 Å². The number of rotatable bonds is 17. The third-order valence-corrected chi connectivity index (χ3v) is 6.22. The van der Waals surface area contributed by atoms with Crippen molar-refractivity contribution in [2.24, 2.45) is 0 Å². The lowest BCUT2D eigenvalue weighted by Gasteiger charge is -2.26. The maximum Gasteiger partial charge on any atom is 0.119 e. The summed E-state index contributed by atoms with van der Waals surface area (Å²) in [6.07, 6.45) is 3.52. The maximum absolute atomic E-state index is 5.90. The summed E-state index contributed by atoms with van der Waals surface area (Å²) in [6.45, 7) is 10.4. The highest BCUT2D eigenvalue weighted by Crippen LogP contribution is 2.33. The summed E-state index contributed by atoms with van der Waals surface area (Å²) in [4.78, 5) is 0. The van der Waals surface area contributed by atoms with E-state index in [2.05, 4.69) is 62.4 Å². The Bertz CT molecular complexity index is 840. The van der Waals surface area contributed by atoms with Crippen molar-refractivity contribution < 1.29 is 28.4 Å². The Morgan fingerprint density at radius 2 is 1.06 bits per heavy atom. The fourth-order valence-corrected chi connectivity index (χ4v) is 3.71. The van der Waals surface area contributed by atoms with Gasteiger partial charge in [-0.05, 0) is 48.2 Å². The van der Waals surface area contributed by atoms with Crippen molar-refractivity contribution in [3.05, 3.63) is 59.7 Å². The molecule has 2 aliphatic heterocycles. The molecule has 2 aromatic carbocycles. The Kier molecular flexibility index (Phi) is 9.22. The average molecular weight is 471 g/mol. The van der Waals surface area contributed by atoms with Gasteiger partial charge in [0, 0.05) is 25.0 Å². The van der Waals surface area contributed by atoms with Crippen molar-refractivity contribution in [3.63, 3.8) is 0 Å². The number of ether oxygens (including phenoxy) is 6. The molecule has 2 aromatic rings. The fraction of sp³-hybridized carbons (Fsp3) is 0.571. The Labute approximate surface area is 203 Å². The minimum Gasteiger partial charge on any atom is -0.494 e. The molecule has 0 spiro atoms. The smallest absolute Gasteiger partial charge is 0.119 e. The van der Waals surface area contributed by atoms with Crippen LogP contribution >= 0.6 is 0 Å². The second kappa shape index (κ2) is 12.5. The van der Waals surface area contributed by atoms with E-state index in [-0.39, 0.29) is 5.41 Å². The number of epoxide rings is 2. The van der Waals surface area contributed by atoms with E-state index >= 15 is 0 Å². The van der Waals surface area contributed by atoms with E-state index in [1.165, 1.54) is 11.1 Å². The molecule has 2 saturated heterocycles. The monoisotopic (exact) mass is 470 g/mol. The summed E-state index contributed by atoms with van der Waals surface area (Å²) in [7, 11) is 0. The van der Waals surface area contributed by atoms with Gasteiger partial charge in [-0.1, -0.05) is 38.1 Å². The number of unbranched alkanes of at least 4 members (excludes halogenated alkanes) is 1. The van der Waals surface area contributed by atoms with Gasteiger partial charge >= 0.3 is 0 Å². The molecule has 2 heterocycles. The molecule has 0 bridgehead atoms. The van der Waals surface area contributed by atoms with Gasteiger partial charge in [0.2, 0.25) is 0 Å². The first-order chi connectivity index (χ1) is 16.6. The molecular formula is C28H38O6. The molecule has 2 aliphatic rings. The predicted octanol–water partition coefficient (Wildman–Crippen LogP) is 4.77. The van der Waals surface area contributed by atoms with Crippen LogP contribution in [0.5, 0.6) is 11.5 Å². The second-order valence-corrected chi connectivity index (χ2v) is 9.49. The van der Waals surface area contributed by atoms with Gasteiger partial charge in [0.05, 0.1) is 39.6 Å². The molecule has 2 fully saturated rings. The first-order valence-electron chi connectivity index (χ1n) is 12.5. The van der Waals surface area contributed by atoms with E-state index in [9.17, 15) is 0 Å². The first kappa shape index (κ1) is 25.0. The molecule has 0 aliphatic carbocycles. The summed E-state index contributed by atoms with van der Waals surface area (Å²) in [5.74, 6) is 1.80. The molecule has 4 rings (SSSR count). The minimum atomic E-state index is -0.113.